The molecule has 0 spiro atoms. The Kier molecular flexibility index (Phi) is 6.80. The van der Waals surface area contributed by atoms with E-state index in [9.17, 15) is 22.8 Å². The maximum Gasteiger partial charge on any atom is 0.249 e. The molecule has 0 bridgehead atoms. The zero-order valence-electron chi connectivity index (χ0n) is 19.8. The minimum Gasteiger partial charge on any atom is -0.343 e. The van der Waals surface area contributed by atoms with Gasteiger partial charge < -0.3 is 21.1 Å². The molecule has 2 aromatic rings. The van der Waals surface area contributed by atoms with Crippen molar-refractivity contribution >= 4 is 11.8 Å². The summed E-state index contributed by atoms with van der Waals surface area (Å²) >= 11 is 0. The molecule has 1 saturated carbocycles. The molecule has 3 atom stereocenters. The van der Waals surface area contributed by atoms with Crippen LogP contribution in [0.5, 0.6) is 0 Å². The van der Waals surface area contributed by atoms with Crippen LogP contribution in [0.3, 0.4) is 0 Å². The standard InChI is InChI=1S/C26H27F4N5O2/c27-18-9-22(35(14-18)23(36)10-19-13-31-34-33-19)25(37)32-24(15-4-2-1-3-5-15)16-6-7-20(21(28)8-16)17-11-26(29,30)12-17/h1-8,13,17-18,22,24,31,33-34H,9-12,14H2,(H,32,37)/t18-,22+,24+/m1/s1. The molecule has 5 rings (SSSR count). The van der Waals surface area contributed by atoms with E-state index < -0.39 is 60.6 Å². The van der Waals surface area contributed by atoms with Gasteiger partial charge in [-0.1, -0.05) is 42.5 Å². The monoisotopic (exact) mass is 517 g/mol. The Morgan fingerprint density at radius 3 is 2.51 bits per heavy atom. The summed E-state index contributed by atoms with van der Waals surface area (Å²) in [7, 11) is 0. The van der Waals surface area contributed by atoms with E-state index in [-0.39, 0.29) is 24.9 Å². The number of likely N-dealkylation sites (tertiary alicyclic amines) is 1. The number of alkyl halides is 3. The first-order valence-corrected chi connectivity index (χ1v) is 12.1. The molecule has 2 amide bonds. The first-order chi connectivity index (χ1) is 17.7. The molecule has 37 heavy (non-hydrogen) atoms. The normalized spacial score (nSPS) is 23.5. The second-order valence-corrected chi connectivity index (χ2v) is 9.73. The van der Waals surface area contributed by atoms with E-state index in [2.05, 4.69) is 21.7 Å². The second kappa shape index (κ2) is 10.0. The molecule has 7 nitrogen and oxygen atoms in total. The molecule has 11 heteroatoms. The number of nitrogens with one attached hydrogen (secondary N) is 4. The highest BCUT2D eigenvalue weighted by molar-refractivity contribution is 5.89. The fourth-order valence-corrected chi connectivity index (χ4v) is 5.12. The summed E-state index contributed by atoms with van der Waals surface area (Å²) in [6.07, 6.45) is -0.775. The van der Waals surface area contributed by atoms with Gasteiger partial charge in [0.05, 0.1) is 24.7 Å². The summed E-state index contributed by atoms with van der Waals surface area (Å²) in [6, 6.07) is 11.4. The summed E-state index contributed by atoms with van der Waals surface area (Å²) in [4.78, 5) is 27.5. The second-order valence-electron chi connectivity index (χ2n) is 9.73. The van der Waals surface area contributed by atoms with Crippen LogP contribution < -0.4 is 21.7 Å². The number of benzene rings is 2. The van der Waals surface area contributed by atoms with Gasteiger partial charge in [0.1, 0.15) is 18.0 Å². The van der Waals surface area contributed by atoms with Crippen molar-refractivity contribution in [3.8, 4) is 0 Å². The first-order valence-electron chi connectivity index (χ1n) is 12.1. The predicted molar refractivity (Wildman–Crippen MR) is 127 cm³/mol. The van der Waals surface area contributed by atoms with E-state index in [0.717, 1.165) is 0 Å². The van der Waals surface area contributed by atoms with E-state index in [4.69, 9.17) is 0 Å². The lowest BCUT2D eigenvalue weighted by molar-refractivity contribution is -0.138. The summed E-state index contributed by atoms with van der Waals surface area (Å²) in [6.45, 7) is -0.198. The van der Waals surface area contributed by atoms with Gasteiger partial charge in [-0.2, -0.15) is 5.53 Å². The Hall–Kier alpha value is -3.60. The number of carbonyl (C=O) groups excluding carboxylic acids is 2. The highest BCUT2D eigenvalue weighted by atomic mass is 19.3. The minimum atomic E-state index is -2.77. The largest absolute Gasteiger partial charge is 0.343 e. The number of hydrogen-bond acceptors (Lipinski definition) is 5. The molecule has 4 N–H and O–H groups in total. The Morgan fingerprint density at radius 2 is 1.86 bits per heavy atom. The number of hydrogen-bond donors (Lipinski definition) is 4. The number of nitrogens with zero attached hydrogens (tertiary/aromatic N) is 1. The SMILES string of the molecule is O=C(N[C@@H](c1ccccc1)c1ccc(C2CC(F)(F)C2)c(F)c1)[C@@H]1C[C@@H](F)CN1C(=O)CC1=CNNN1. The van der Waals surface area contributed by atoms with Crippen LogP contribution in [-0.4, -0.2) is 41.4 Å². The molecule has 0 unspecified atom stereocenters. The van der Waals surface area contributed by atoms with Gasteiger partial charge in [0.25, 0.3) is 0 Å². The maximum atomic E-state index is 15.0. The Bertz CT molecular complexity index is 1200. The Labute approximate surface area is 211 Å². The molecule has 2 aliphatic heterocycles. The van der Waals surface area contributed by atoms with Crippen molar-refractivity contribution in [2.24, 2.45) is 0 Å². The van der Waals surface area contributed by atoms with E-state index in [1.54, 1.807) is 42.6 Å². The zero-order chi connectivity index (χ0) is 26.2. The van der Waals surface area contributed by atoms with E-state index >= 15 is 4.39 Å². The van der Waals surface area contributed by atoms with Gasteiger partial charge in [-0.3, -0.25) is 9.59 Å². The van der Waals surface area contributed by atoms with Gasteiger partial charge in [0.2, 0.25) is 17.7 Å². The van der Waals surface area contributed by atoms with Gasteiger partial charge in [-0.15, -0.1) is 0 Å². The van der Waals surface area contributed by atoms with Crippen LogP contribution in [0.15, 0.2) is 60.4 Å². The molecule has 1 saturated heterocycles. The fourth-order valence-electron chi connectivity index (χ4n) is 5.12. The van der Waals surface area contributed by atoms with Crippen molar-refractivity contribution in [3.05, 3.63) is 82.9 Å². The van der Waals surface area contributed by atoms with Gasteiger partial charge in [-0.25, -0.2) is 17.6 Å². The van der Waals surface area contributed by atoms with Crippen LogP contribution in [0.2, 0.25) is 0 Å². The highest BCUT2D eigenvalue weighted by Gasteiger charge is 2.47. The van der Waals surface area contributed by atoms with Crippen molar-refractivity contribution in [1.29, 1.82) is 0 Å². The van der Waals surface area contributed by atoms with Crippen molar-refractivity contribution in [3.63, 3.8) is 0 Å². The lowest BCUT2D eigenvalue weighted by Gasteiger charge is -2.35. The van der Waals surface area contributed by atoms with Crippen molar-refractivity contribution < 1.29 is 27.2 Å². The Balaban J connectivity index is 1.36. The molecule has 3 aliphatic rings. The number of rotatable bonds is 7. The van der Waals surface area contributed by atoms with Gasteiger partial charge in [0.15, 0.2) is 0 Å². The molecule has 2 aromatic carbocycles. The topological polar surface area (TPSA) is 85.5 Å². The average molecular weight is 518 g/mol. The van der Waals surface area contributed by atoms with Gasteiger partial charge in [0, 0.05) is 25.5 Å². The molecule has 2 heterocycles. The summed E-state index contributed by atoms with van der Waals surface area (Å²) in [5.41, 5.74) is 9.89. The lowest BCUT2D eigenvalue weighted by atomic mass is 9.76. The van der Waals surface area contributed by atoms with Crippen LogP contribution >= 0.6 is 0 Å². The van der Waals surface area contributed by atoms with Crippen molar-refractivity contribution in [2.75, 3.05) is 6.54 Å². The summed E-state index contributed by atoms with van der Waals surface area (Å²) < 4.78 is 56.0. The zero-order valence-corrected chi connectivity index (χ0v) is 19.8. The summed E-state index contributed by atoms with van der Waals surface area (Å²) in [5, 5.41) is 2.87. The van der Waals surface area contributed by atoms with Crippen LogP contribution in [0.1, 0.15) is 54.3 Å². The third kappa shape index (κ3) is 5.41. The predicted octanol–water partition coefficient (Wildman–Crippen LogP) is 3.33. The molecular weight excluding hydrogens is 490 g/mol. The van der Waals surface area contributed by atoms with Crippen LogP contribution in [0.4, 0.5) is 17.6 Å². The quantitative estimate of drug-likeness (QED) is 0.424. The van der Waals surface area contributed by atoms with Crippen molar-refractivity contribution in [1.82, 2.24) is 26.6 Å². The third-order valence-corrected chi connectivity index (χ3v) is 7.06. The van der Waals surface area contributed by atoms with E-state index in [0.29, 0.717) is 16.8 Å². The maximum absolute atomic E-state index is 15.0. The number of hydrazine groups is 2. The molecular formula is C26H27F4N5O2. The molecule has 1 aliphatic carbocycles. The van der Waals surface area contributed by atoms with Gasteiger partial charge >= 0.3 is 0 Å². The van der Waals surface area contributed by atoms with Crippen LogP contribution in [0, 0.1) is 5.82 Å². The Morgan fingerprint density at radius 1 is 1.11 bits per heavy atom. The molecule has 0 radical (unpaired) electrons. The number of amides is 2. The smallest absolute Gasteiger partial charge is 0.249 e. The third-order valence-electron chi connectivity index (χ3n) is 7.06. The van der Waals surface area contributed by atoms with Crippen LogP contribution in [0.25, 0.3) is 0 Å². The summed E-state index contributed by atoms with van der Waals surface area (Å²) in [5.74, 6) is -4.91. The van der Waals surface area contributed by atoms with E-state index in [1.807, 2.05) is 0 Å². The minimum absolute atomic E-state index is 0.0501. The molecule has 2 fully saturated rings. The fraction of sp³-hybridized carbons (Fsp3) is 0.385. The number of halogens is 4. The van der Waals surface area contributed by atoms with Crippen molar-refractivity contribution in [2.45, 2.75) is 55.8 Å². The van der Waals surface area contributed by atoms with Gasteiger partial charge in [-0.05, 0) is 28.7 Å². The van der Waals surface area contributed by atoms with Crippen LogP contribution in [-0.2, 0) is 9.59 Å². The highest BCUT2D eigenvalue weighted by Crippen LogP contribution is 2.49. The lowest BCUT2D eigenvalue weighted by Crippen LogP contribution is -2.47. The average Bonchev–Trinajstić information content (AvgIpc) is 3.51. The molecule has 0 aromatic heterocycles. The van der Waals surface area contributed by atoms with E-state index in [1.165, 1.54) is 17.0 Å². The first kappa shape index (κ1) is 25.1. The molecule has 196 valence electrons. The number of carbonyl (C=O) groups is 2.